The predicted octanol–water partition coefficient (Wildman–Crippen LogP) is 2.10. The molecule has 1 aromatic rings. The number of rotatable bonds is 2. The Morgan fingerprint density at radius 1 is 1.45 bits per heavy atom. The van der Waals surface area contributed by atoms with E-state index in [1.54, 1.807) is 0 Å². The van der Waals surface area contributed by atoms with Crippen molar-refractivity contribution in [3.8, 4) is 0 Å². The van der Waals surface area contributed by atoms with Gasteiger partial charge in [-0.15, -0.1) is 0 Å². The lowest BCUT2D eigenvalue weighted by Crippen LogP contribution is -2.55. The Morgan fingerprint density at radius 3 is 3.00 bits per heavy atom. The highest BCUT2D eigenvalue weighted by Gasteiger charge is 2.39. The van der Waals surface area contributed by atoms with E-state index >= 15 is 0 Å². The van der Waals surface area contributed by atoms with Crippen LogP contribution in [-0.4, -0.2) is 30.2 Å². The van der Waals surface area contributed by atoms with Crippen LogP contribution in [-0.2, 0) is 16.0 Å². The van der Waals surface area contributed by atoms with Crippen LogP contribution in [0.2, 0.25) is 0 Å². The van der Waals surface area contributed by atoms with Gasteiger partial charge < -0.3 is 15.4 Å². The van der Waals surface area contributed by atoms with E-state index in [1.165, 1.54) is 5.56 Å². The van der Waals surface area contributed by atoms with Crippen molar-refractivity contribution in [3.63, 3.8) is 0 Å². The van der Waals surface area contributed by atoms with Crippen molar-refractivity contribution >= 4 is 11.6 Å². The zero-order valence-electron chi connectivity index (χ0n) is 12.1. The highest BCUT2D eigenvalue weighted by molar-refractivity contribution is 5.86. The van der Waals surface area contributed by atoms with Crippen molar-refractivity contribution in [2.24, 2.45) is 0 Å². The Balaban J connectivity index is 1.67. The quantitative estimate of drug-likeness (QED) is 0.868. The molecule has 1 aromatic carbocycles. The minimum atomic E-state index is -0.240. The van der Waals surface area contributed by atoms with Gasteiger partial charge >= 0.3 is 0 Å². The predicted molar refractivity (Wildman–Crippen MR) is 78.8 cm³/mol. The zero-order valence-corrected chi connectivity index (χ0v) is 12.1. The van der Waals surface area contributed by atoms with Gasteiger partial charge in [-0.2, -0.15) is 0 Å². The summed E-state index contributed by atoms with van der Waals surface area (Å²) in [7, 11) is 0. The van der Waals surface area contributed by atoms with Crippen LogP contribution in [0.1, 0.15) is 32.3 Å². The largest absolute Gasteiger partial charge is 0.376 e. The second kappa shape index (κ2) is 5.09. The van der Waals surface area contributed by atoms with Crippen LogP contribution in [0, 0.1) is 0 Å². The minimum absolute atomic E-state index is 0.0716. The first-order chi connectivity index (χ1) is 9.58. The van der Waals surface area contributed by atoms with Crippen molar-refractivity contribution in [3.05, 3.63) is 29.8 Å². The monoisotopic (exact) mass is 274 g/mol. The summed E-state index contributed by atoms with van der Waals surface area (Å²) in [5.74, 6) is 0.0827. The molecule has 2 N–H and O–H groups in total. The number of carbonyl (C=O) groups is 1. The van der Waals surface area contributed by atoms with Crippen LogP contribution >= 0.6 is 0 Å². The summed E-state index contributed by atoms with van der Waals surface area (Å²) < 4.78 is 5.58. The number of para-hydroxylation sites is 1. The molecule has 0 spiro atoms. The molecule has 108 valence electrons. The summed E-state index contributed by atoms with van der Waals surface area (Å²) in [5, 5.41) is 6.53. The molecule has 1 saturated heterocycles. The number of fused-ring (bicyclic) bond motifs is 1. The summed E-state index contributed by atoms with van der Waals surface area (Å²) in [6.07, 6.45) is 2.74. The van der Waals surface area contributed by atoms with E-state index < -0.39 is 0 Å². The van der Waals surface area contributed by atoms with E-state index in [-0.39, 0.29) is 23.6 Å². The minimum Gasteiger partial charge on any atom is -0.376 e. The number of amides is 1. The summed E-state index contributed by atoms with van der Waals surface area (Å²) in [6, 6.07) is 8.05. The maximum absolute atomic E-state index is 12.5. The van der Waals surface area contributed by atoms with E-state index in [9.17, 15) is 4.79 Å². The molecule has 2 heterocycles. The zero-order chi connectivity index (χ0) is 14.2. The Hall–Kier alpha value is -1.55. The number of hydrogen-bond donors (Lipinski definition) is 2. The van der Waals surface area contributed by atoms with Gasteiger partial charge in [0, 0.05) is 12.3 Å². The fraction of sp³-hybridized carbons (Fsp3) is 0.562. The van der Waals surface area contributed by atoms with Crippen LogP contribution in [0.3, 0.4) is 0 Å². The van der Waals surface area contributed by atoms with Crippen molar-refractivity contribution in [2.45, 2.75) is 50.8 Å². The molecule has 0 bridgehead atoms. The first-order valence-corrected chi connectivity index (χ1v) is 7.36. The van der Waals surface area contributed by atoms with E-state index in [1.807, 2.05) is 25.1 Å². The Labute approximate surface area is 119 Å². The molecule has 20 heavy (non-hydrogen) atoms. The third kappa shape index (κ3) is 2.40. The fourth-order valence-corrected chi connectivity index (χ4v) is 3.00. The molecule has 0 aliphatic carbocycles. The van der Waals surface area contributed by atoms with Crippen molar-refractivity contribution in [1.29, 1.82) is 0 Å². The second-order valence-electron chi connectivity index (χ2n) is 6.06. The average Bonchev–Trinajstić information content (AvgIpc) is 2.77. The summed E-state index contributed by atoms with van der Waals surface area (Å²) in [6.45, 7) is 4.81. The number of benzene rings is 1. The maximum atomic E-state index is 12.5. The molecule has 1 fully saturated rings. The summed E-state index contributed by atoms with van der Waals surface area (Å²) in [4.78, 5) is 12.5. The summed E-state index contributed by atoms with van der Waals surface area (Å²) >= 11 is 0. The van der Waals surface area contributed by atoms with Gasteiger partial charge in [0.15, 0.2) is 0 Å². The van der Waals surface area contributed by atoms with Gasteiger partial charge in [-0.25, -0.2) is 0 Å². The van der Waals surface area contributed by atoms with Crippen LogP contribution in [0.4, 0.5) is 5.69 Å². The molecule has 4 heteroatoms. The maximum Gasteiger partial charge on any atom is 0.243 e. The highest BCUT2D eigenvalue weighted by atomic mass is 16.5. The first-order valence-electron chi connectivity index (χ1n) is 7.36. The van der Waals surface area contributed by atoms with Gasteiger partial charge in [-0.1, -0.05) is 18.2 Å². The number of hydrogen-bond acceptors (Lipinski definition) is 3. The van der Waals surface area contributed by atoms with Crippen LogP contribution < -0.4 is 10.6 Å². The first kappa shape index (κ1) is 13.4. The molecule has 1 amide bonds. The lowest BCUT2D eigenvalue weighted by molar-refractivity contribution is -0.124. The molecular weight excluding hydrogens is 252 g/mol. The second-order valence-corrected chi connectivity index (χ2v) is 6.06. The number of ether oxygens (including phenoxy) is 1. The fourth-order valence-electron chi connectivity index (χ4n) is 3.00. The number of anilines is 1. The average molecular weight is 274 g/mol. The molecule has 4 nitrogen and oxygen atoms in total. The third-order valence-electron chi connectivity index (χ3n) is 4.66. The van der Waals surface area contributed by atoms with Gasteiger partial charge in [0.05, 0.1) is 11.6 Å². The van der Waals surface area contributed by atoms with Crippen molar-refractivity contribution in [2.75, 3.05) is 11.9 Å². The third-order valence-corrected chi connectivity index (χ3v) is 4.66. The van der Waals surface area contributed by atoms with Crippen LogP contribution in [0.15, 0.2) is 24.3 Å². The Morgan fingerprint density at radius 2 is 2.25 bits per heavy atom. The highest BCUT2D eigenvalue weighted by Crippen LogP contribution is 2.27. The Kier molecular flexibility index (Phi) is 3.42. The molecular formula is C16H22N2O2. The number of carbonyl (C=O) groups excluding carboxylic acids is 1. The van der Waals surface area contributed by atoms with Gasteiger partial charge in [0.2, 0.25) is 5.91 Å². The van der Waals surface area contributed by atoms with Gasteiger partial charge in [0.1, 0.15) is 6.04 Å². The van der Waals surface area contributed by atoms with Gasteiger partial charge in [-0.3, -0.25) is 4.79 Å². The van der Waals surface area contributed by atoms with Crippen molar-refractivity contribution in [1.82, 2.24) is 5.32 Å². The normalized spacial score (nSPS) is 32.3. The lowest BCUT2D eigenvalue weighted by Gasteiger charge is -2.33. The molecule has 2 aliphatic heterocycles. The van der Waals surface area contributed by atoms with E-state index in [2.05, 4.69) is 23.6 Å². The SMILES string of the molecule is CC1OCCC1(C)NC(=O)C1CCc2ccccc2N1. The Bertz CT molecular complexity index is 517. The van der Waals surface area contributed by atoms with E-state index in [0.29, 0.717) is 0 Å². The molecule has 0 saturated carbocycles. The topological polar surface area (TPSA) is 50.4 Å². The molecule has 0 radical (unpaired) electrons. The molecule has 0 aromatic heterocycles. The van der Waals surface area contributed by atoms with E-state index in [4.69, 9.17) is 4.74 Å². The van der Waals surface area contributed by atoms with Crippen molar-refractivity contribution < 1.29 is 9.53 Å². The standard InChI is InChI=1S/C16H22N2O2/c1-11-16(2,9-10-20-11)18-15(19)14-8-7-12-5-3-4-6-13(12)17-14/h3-6,11,14,17H,7-10H2,1-2H3,(H,18,19). The number of nitrogens with one attached hydrogen (secondary N) is 2. The van der Waals surface area contributed by atoms with Gasteiger partial charge in [0.25, 0.3) is 0 Å². The molecule has 3 atom stereocenters. The number of aryl methyl sites for hydroxylation is 1. The molecule has 2 aliphatic rings. The van der Waals surface area contributed by atoms with Gasteiger partial charge in [-0.05, 0) is 44.7 Å². The van der Waals surface area contributed by atoms with Crippen LogP contribution in [0.5, 0.6) is 0 Å². The molecule has 3 rings (SSSR count). The van der Waals surface area contributed by atoms with E-state index in [0.717, 1.165) is 31.6 Å². The molecule has 3 unspecified atom stereocenters. The smallest absolute Gasteiger partial charge is 0.243 e. The lowest BCUT2D eigenvalue weighted by atomic mass is 9.92. The van der Waals surface area contributed by atoms with Crippen LogP contribution in [0.25, 0.3) is 0 Å². The summed E-state index contributed by atoms with van der Waals surface area (Å²) in [5.41, 5.74) is 2.13.